The van der Waals surface area contributed by atoms with Gasteiger partial charge in [-0.05, 0) is 13.8 Å². The minimum Gasteiger partial charge on any atom is -0.349 e. The van der Waals surface area contributed by atoms with Crippen molar-refractivity contribution in [1.29, 1.82) is 0 Å². The highest BCUT2D eigenvalue weighted by molar-refractivity contribution is 5.82. The van der Waals surface area contributed by atoms with Gasteiger partial charge in [0.2, 0.25) is 5.91 Å². The molecule has 1 heterocycles. The van der Waals surface area contributed by atoms with E-state index >= 15 is 0 Å². The molecule has 0 spiro atoms. The highest BCUT2D eigenvalue weighted by Crippen LogP contribution is 2.11. The molecule has 0 bridgehead atoms. The third kappa shape index (κ3) is 2.92. The Labute approximate surface area is 83.4 Å². The standard InChI is InChI=1S/C9H18FN3O/c1-9(2,5-11)13-8(14)7-3-6(10)4-12-7/h6-7,12H,3-5,11H2,1-2H3,(H,13,14)/t6-,7+/m1/s1. The Balaban J connectivity index is 2.43. The largest absolute Gasteiger partial charge is 0.349 e. The Morgan fingerprint density at radius 2 is 2.36 bits per heavy atom. The number of nitrogens with one attached hydrogen (secondary N) is 2. The lowest BCUT2D eigenvalue weighted by atomic mass is 10.1. The third-order valence-electron chi connectivity index (χ3n) is 2.37. The number of alkyl halides is 1. The molecular weight excluding hydrogens is 185 g/mol. The zero-order valence-electron chi connectivity index (χ0n) is 8.64. The van der Waals surface area contributed by atoms with Crippen molar-refractivity contribution in [2.75, 3.05) is 13.1 Å². The van der Waals surface area contributed by atoms with Gasteiger partial charge in [-0.2, -0.15) is 0 Å². The van der Waals surface area contributed by atoms with Gasteiger partial charge in [0.1, 0.15) is 6.17 Å². The Bertz CT molecular complexity index is 220. The zero-order valence-corrected chi connectivity index (χ0v) is 8.64. The molecule has 4 N–H and O–H groups in total. The quantitative estimate of drug-likeness (QED) is 0.581. The summed E-state index contributed by atoms with van der Waals surface area (Å²) in [7, 11) is 0. The smallest absolute Gasteiger partial charge is 0.237 e. The molecule has 1 rings (SSSR count). The van der Waals surface area contributed by atoms with Gasteiger partial charge in [-0.3, -0.25) is 4.79 Å². The molecule has 5 heteroatoms. The fourth-order valence-corrected chi connectivity index (χ4v) is 1.36. The fraction of sp³-hybridized carbons (Fsp3) is 0.889. The molecular formula is C9H18FN3O. The van der Waals surface area contributed by atoms with E-state index in [1.54, 1.807) is 0 Å². The summed E-state index contributed by atoms with van der Waals surface area (Å²) in [6.45, 7) is 4.31. The highest BCUT2D eigenvalue weighted by Gasteiger charge is 2.31. The molecule has 14 heavy (non-hydrogen) atoms. The van der Waals surface area contributed by atoms with Crippen molar-refractivity contribution in [2.45, 2.75) is 38.0 Å². The van der Waals surface area contributed by atoms with Crippen LogP contribution in [0.2, 0.25) is 0 Å². The van der Waals surface area contributed by atoms with Gasteiger partial charge in [-0.15, -0.1) is 0 Å². The summed E-state index contributed by atoms with van der Waals surface area (Å²) in [6.07, 6.45) is -0.654. The van der Waals surface area contributed by atoms with Gasteiger partial charge in [0.15, 0.2) is 0 Å². The Morgan fingerprint density at radius 3 is 2.79 bits per heavy atom. The maximum absolute atomic E-state index is 12.8. The van der Waals surface area contributed by atoms with Crippen LogP contribution in [-0.4, -0.2) is 36.7 Å². The van der Waals surface area contributed by atoms with Gasteiger partial charge in [-0.25, -0.2) is 4.39 Å². The predicted octanol–water partition coefficient (Wildman–Crippen LogP) is -0.460. The summed E-state index contributed by atoms with van der Waals surface area (Å²) >= 11 is 0. The van der Waals surface area contributed by atoms with E-state index < -0.39 is 17.8 Å². The molecule has 1 aliphatic heterocycles. The summed E-state index contributed by atoms with van der Waals surface area (Å²) in [6, 6.07) is -0.407. The van der Waals surface area contributed by atoms with Crippen LogP contribution in [0.5, 0.6) is 0 Å². The highest BCUT2D eigenvalue weighted by atomic mass is 19.1. The molecule has 1 amide bonds. The summed E-state index contributed by atoms with van der Waals surface area (Å²) in [4.78, 5) is 11.6. The van der Waals surface area contributed by atoms with Crippen molar-refractivity contribution in [1.82, 2.24) is 10.6 Å². The maximum atomic E-state index is 12.8. The van der Waals surface area contributed by atoms with Gasteiger partial charge in [0.05, 0.1) is 6.04 Å². The van der Waals surface area contributed by atoms with E-state index in [1.807, 2.05) is 13.8 Å². The number of carbonyl (C=O) groups excluding carboxylic acids is 1. The van der Waals surface area contributed by atoms with Gasteiger partial charge in [0, 0.05) is 25.0 Å². The van der Waals surface area contributed by atoms with Gasteiger partial charge in [0.25, 0.3) is 0 Å². The molecule has 0 radical (unpaired) electrons. The van der Waals surface area contributed by atoms with E-state index in [4.69, 9.17) is 5.73 Å². The van der Waals surface area contributed by atoms with Crippen LogP contribution >= 0.6 is 0 Å². The van der Waals surface area contributed by atoms with Crippen molar-refractivity contribution < 1.29 is 9.18 Å². The summed E-state index contributed by atoms with van der Waals surface area (Å²) in [5, 5.41) is 5.60. The number of hydrogen-bond acceptors (Lipinski definition) is 3. The van der Waals surface area contributed by atoms with Crippen LogP contribution in [0.4, 0.5) is 4.39 Å². The second-order valence-corrected chi connectivity index (χ2v) is 4.37. The lowest BCUT2D eigenvalue weighted by Gasteiger charge is -2.26. The monoisotopic (exact) mass is 203 g/mol. The minimum atomic E-state index is -0.910. The second kappa shape index (κ2) is 4.23. The number of nitrogens with two attached hydrogens (primary N) is 1. The van der Waals surface area contributed by atoms with Crippen LogP contribution < -0.4 is 16.4 Å². The first-order valence-electron chi connectivity index (χ1n) is 4.84. The molecule has 1 aliphatic rings. The van der Waals surface area contributed by atoms with Gasteiger partial charge < -0.3 is 16.4 Å². The zero-order chi connectivity index (χ0) is 10.8. The summed E-state index contributed by atoms with van der Waals surface area (Å²) in [5.74, 6) is -0.166. The SMILES string of the molecule is CC(C)(CN)NC(=O)[C@@H]1C[C@@H](F)CN1. The van der Waals surface area contributed by atoms with Crippen LogP contribution in [0.15, 0.2) is 0 Å². The molecule has 0 unspecified atom stereocenters. The van der Waals surface area contributed by atoms with E-state index in [9.17, 15) is 9.18 Å². The third-order valence-corrected chi connectivity index (χ3v) is 2.37. The van der Waals surface area contributed by atoms with Crippen molar-refractivity contribution >= 4 is 5.91 Å². The number of rotatable bonds is 3. The Kier molecular flexibility index (Phi) is 3.44. The molecule has 82 valence electrons. The van der Waals surface area contributed by atoms with Crippen LogP contribution in [0, 0.1) is 0 Å². The van der Waals surface area contributed by atoms with Crippen molar-refractivity contribution in [3.05, 3.63) is 0 Å². The molecule has 1 fully saturated rings. The average Bonchev–Trinajstić information content (AvgIpc) is 2.51. The molecule has 0 saturated carbocycles. The van der Waals surface area contributed by atoms with Crippen LogP contribution in [0.3, 0.4) is 0 Å². The molecule has 1 saturated heterocycles. The Morgan fingerprint density at radius 1 is 1.71 bits per heavy atom. The molecule has 0 aromatic rings. The predicted molar refractivity (Wildman–Crippen MR) is 52.6 cm³/mol. The van der Waals surface area contributed by atoms with Gasteiger partial charge >= 0.3 is 0 Å². The van der Waals surface area contributed by atoms with Gasteiger partial charge in [-0.1, -0.05) is 0 Å². The van der Waals surface area contributed by atoms with E-state index in [0.717, 1.165) is 0 Å². The topological polar surface area (TPSA) is 67.1 Å². The van der Waals surface area contributed by atoms with E-state index in [1.165, 1.54) is 0 Å². The molecule has 4 nitrogen and oxygen atoms in total. The van der Waals surface area contributed by atoms with Crippen LogP contribution in [-0.2, 0) is 4.79 Å². The number of halogens is 1. The van der Waals surface area contributed by atoms with E-state index in [0.29, 0.717) is 6.54 Å². The minimum absolute atomic E-state index is 0.166. The molecule has 0 aromatic heterocycles. The normalized spacial score (nSPS) is 27.7. The number of hydrogen-bond donors (Lipinski definition) is 3. The Hall–Kier alpha value is -0.680. The molecule has 0 aromatic carbocycles. The van der Waals surface area contributed by atoms with E-state index in [2.05, 4.69) is 10.6 Å². The lowest BCUT2D eigenvalue weighted by molar-refractivity contribution is -0.124. The second-order valence-electron chi connectivity index (χ2n) is 4.37. The van der Waals surface area contributed by atoms with E-state index in [-0.39, 0.29) is 18.9 Å². The van der Waals surface area contributed by atoms with Crippen molar-refractivity contribution in [2.24, 2.45) is 5.73 Å². The lowest BCUT2D eigenvalue weighted by Crippen LogP contribution is -2.53. The van der Waals surface area contributed by atoms with Crippen molar-refractivity contribution in [3.8, 4) is 0 Å². The number of amides is 1. The fourth-order valence-electron chi connectivity index (χ4n) is 1.36. The summed E-state index contributed by atoms with van der Waals surface area (Å²) < 4.78 is 12.8. The maximum Gasteiger partial charge on any atom is 0.237 e. The van der Waals surface area contributed by atoms with Crippen LogP contribution in [0.1, 0.15) is 20.3 Å². The molecule has 2 atom stereocenters. The first-order valence-corrected chi connectivity index (χ1v) is 4.84. The summed E-state index contributed by atoms with van der Waals surface area (Å²) in [5.41, 5.74) is 5.05. The van der Waals surface area contributed by atoms with Crippen LogP contribution in [0.25, 0.3) is 0 Å². The average molecular weight is 203 g/mol. The molecule has 0 aliphatic carbocycles. The first-order chi connectivity index (χ1) is 6.44. The van der Waals surface area contributed by atoms with Crippen molar-refractivity contribution in [3.63, 3.8) is 0 Å². The first kappa shape index (κ1) is 11.4. The number of carbonyl (C=O) groups is 1.